The molecule has 0 heterocycles. The van der Waals surface area contributed by atoms with Crippen molar-refractivity contribution >= 4 is 17.8 Å². The van der Waals surface area contributed by atoms with Gasteiger partial charge in [0.2, 0.25) is 5.91 Å². The van der Waals surface area contributed by atoms with Gasteiger partial charge in [-0.2, -0.15) is 0 Å². The Kier molecular flexibility index (Phi) is 7.70. The molecule has 0 aliphatic heterocycles. The van der Waals surface area contributed by atoms with Crippen molar-refractivity contribution in [3.63, 3.8) is 0 Å². The number of rotatable bonds is 9. The molecular formula is C10H17NO6. The Morgan fingerprint density at radius 1 is 1.24 bits per heavy atom. The molecule has 0 aliphatic rings. The second-order valence-electron chi connectivity index (χ2n) is 3.42. The van der Waals surface area contributed by atoms with Gasteiger partial charge in [-0.3, -0.25) is 9.59 Å². The number of carbonyl (C=O) groups is 3. The molecule has 1 amide bonds. The third-order valence-corrected chi connectivity index (χ3v) is 1.83. The van der Waals surface area contributed by atoms with Crippen LogP contribution in [0.3, 0.4) is 0 Å². The highest BCUT2D eigenvalue weighted by molar-refractivity contribution is 5.86. The molecule has 0 saturated carbocycles. The van der Waals surface area contributed by atoms with Crippen LogP contribution in [0.1, 0.15) is 26.2 Å². The molecule has 0 saturated heterocycles. The van der Waals surface area contributed by atoms with Crippen LogP contribution in [-0.4, -0.2) is 47.3 Å². The highest BCUT2D eigenvalue weighted by atomic mass is 16.5. The molecule has 7 heteroatoms. The van der Waals surface area contributed by atoms with Crippen molar-refractivity contribution < 1.29 is 29.3 Å². The minimum absolute atomic E-state index is 0.0173. The molecule has 0 fully saturated rings. The summed E-state index contributed by atoms with van der Waals surface area (Å²) >= 11 is 0. The van der Waals surface area contributed by atoms with Gasteiger partial charge < -0.3 is 20.3 Å². The lowest BCUT2D eigenvalue weighted by Gasteiger charge is -2.12. The zero-order valence-corrected chi connectivity index (χ0v) is 9.64. The largest absolute Gasteiger partial charge is 0.481 e. The zero-order valence-electron chi connectivity index (χ0n) is 9.64. The third kappa shape index (κ3) is 8.21. The maximum Gasteiger partial charge on any atom is 0.326 e. The smallest absolute Gasteiger partial charge is 0.326 e. The highest BCUT2D eigenvalue weighted by Crippen LogP contribution is 1.94. The average molecular weight is 247 g/mol. The molecule has 0 aliphatic carbocycles. The molecule has 0 aromatic carbocycles. The van der Waals surface area contributed by atoms with Crippen molar-refractivity contribution in [2.24, 2.45) is 0 Å². The van der Waals surface area contributed by atoms with Crippen LogP contribution in [0.25, 0.3) is 0 Å². The zero-order chi connectivity index (χ0) is 13.3. The molecule has 0 unspecified atom stereocenters. The molecule has 0 aromatic rings. The fraction of sp³-hybridized carbons (Fsp3) is 0.700. The van der Waals surface area contributed by atoms with Crippen LogP contribution in [-0.2, 0) is 19.1 Å². The predicted octanol–water partition coefficient (Wildman–Crippen LogP) is -0.153. The number of carboxylic acids is 2. The van der Waals surface area contributed by atoms with Gasteiger partial charge >= 0.3 is 11.9 Å². The summed E-state index contributed by atoms with van der Waals surface area (Å²) in [7, 11) is 0. The van der Waals surface area contributed by atoms with Crippen LogP contribution in [0.4, 0.5) is 0 Å². The van der Waals surface area contributed by atoms with E-state index in [-0.39, 0.29) is 13.0 Å². The van der Waals surface area contributed by atoms with Crippen LogP contribution in [0.2, 0.25) is 0 Å². The molecule has 7 nitrogen and oxygen atoms in total. The molecule has 1 atom stereocenters. The van der Waals surface area contributed by atoms with Crippen molar-refractivity contribution in [1.82, 2.24) is 5.32 Å². The molecule has 0 radical (unpaired) electrons. The summed E-state index contributed by atoms with van der Waals surface area (Å²) < 4.78 is 5.05. The first-order valence-electron chi connectivity index (χ1n) is 5.29. The molecule has 0 rings (SSSR count). The Balaban J connectivity index is 3.96. The highest BCUT2D eigenvalue weighted by Gasteiger charge is 2.22. The van der Waals surface area contributed by atoms with Crippen LogP contribution >= 0.6 is 0 Å². The summed E-state index contributed by atoms with van der Waals surface area (Å²) in [6.45, 7) is 2.65. The number of hydrogen-bond donors (Lipinski definition) is 3. The normalized spacial score (nSPS) is 11.8. The van der Waals surface area contributed by atoms with E-state index in [1.807, 2.05) is 6.92 Å². The number of hydrogen-bond acceptors (Lipinski definition) is 4. The Morgan fingerprint density at radius 2 is 1.88 bits per heavy atom. The summed E-state index contributed by atoms with van der Waals surface area (Å²) in [5.74, 6) is -3.18. The Bertz CT molecular complexity index is 278. The van der Waals surface area contributed by atoms with Crippen molar-refractivity contribution in [2.45, 2.75) is 32.2 Å². The quantitative estimate of drug-likeness (QED) is 0.488. The first kappa shape index (κ1) is 15.4. The van der Waals surface area contributed by atoms with Crippen LogP contribution in [0.5, 0.6) is 0 Å². The third-order valence-electron chi connectivity index (χ3n) is 1.83. The number of ether oxygens (including phenoxy) is 1. The lowest BCUT2D eigenvalue weighted by Crippen LogP contribution is -2.42. The lowest BCUT2D eigenvalue weighted by molar-refractivity contribution is -0.147. The van der Waals surface area contributed by atoms with Gasteiger partial charge in [0.05, 0.1) is 13.0 Å². The van der Waals surface area contributed by atoms with Gasteiger partial charge in [0.25, 0.3) is 0 Å². The molecule has 3 N–H and O–H groups in total. The Hall–Kier alpha value is -1.63. The fourth-order valence-corrected chi connectivity index (χ4v) is 1.05. The van der Waals surface area contributed by atoms with Gasteiger partial charge in [-0.15, -0.1) is 0 Å². The first-order valence-corrected chi connectivity index (χ1v) is 5.29. The topological polar surface area (TPSA) is 113 Å². The Labute approximate surface area is 98.8 Å². The van der Waals surface area contributed by atoms with Crippen LogP contribution in [0.15, 0.2) is 0 Å². The summed E-state index contributed by atoms with van der Waals surface area (Å²) in [5, 5.41) is 19.2. The molecule has 0 bridgehead atoms. The van der Waals surface area contributed by atoms with E-state index in [1.165, 1.54) is 0 Å². The number of aliphatic carboxylic acids is 2. The standard InChI is InChI=1S/C10H17NO6/c1-2-4-17-5-3-8(12)11-7(10(15)16)6-9(13)14/h7H,2-6H2,1H3,(H,11,12)(H,13,14)(H,15,16)/t7-/m0/s1. The maximum atomic E-state index is 11.3. The van der Waals surface area contributed by atoms with Crippen molar-refractivity contribution in [3.05, 3.63) is 0 Å². The van der Waals surface area contributed by atoms with Crippen molar-refractivity contribution in [1.29, 1.82) is 0 Å². The minimum atomic E-state index is -1.40. The van der Waals surface area contributed by atoms with E-state index in [1.54, 1.807) is 0 Å². The molecule has 98 valence electrons. The monoisotopic (exact) mass is 247 g/mol. The van der Waals surface area contributed by atoms with Gasteiger partial charge in [-0.25, -0.2) is 4.79 Å². The number of amides is 1. The van der Waals surface area contributed by atoms with E-state index in [9.17, 15) is 14.4 Å². The molecule has 0 aromatic heterocycles. The summed E-state index contributed by atoms with van der Waals surface area (Å²) in [6, 6.07) is -1.40. The Morgan fingerprint density at radius 3 is 2.35 bits per heavy atom. The van der Waals surface area contributed by atoms with Crippen LogP contribution in [0, 0.1) is 0 Å². The van der Waals surface area contributed by atoms with E-state index < -0.39 is 30.3 Å². The van der Waals surface area contributed by atoms with Gasteiger partial charge in [0, 0.05) is 13.0 Å². The van der Waals surface area contributed by atoms with Crippen molar-refractivity contribution in [3.8, 4) is 0 Å². The SMILES string of the molecule is CCCOCCC(=O)N[C@@H](CC(=O)O)C(=O)O. The van der Waals surface area contributed by atoms with E-state index in [2.05, 4.69) is 5.32 Å². The minimum Gasteiger partial charge on any atom is -0.481 e. The van der Waals surface area contributed by atoms with Gasteiger partial charge in [-0.1, -0.05) is 6.92 Å². The van der Waals surface area contributed by atoms with Crippen LogP contribution < -0.4 is 5.32 Å². The second-order valence-corrected chi connectivity index (χ2v) is 3.42. The molecule has 17 heavy (non-hydrogen) atoms. The predicted molar refractivity (Wildman–Crippen MR) is 57.5 cm³/mol. The van der Waals surface area contributed by atoms with Crippen molar-refractivity contribution in [2.75, 3.05) is 13.2 Å². The lowest BCUT2D eigenvalue weighted by atomic mass is 10.2. The molecular weight excluding hydrogens is 230 g/mol. The summed E-state index contributed by atoms with van der Waals surface area (Å²) in [6.07, 6.45) is 0.207. The summed E-state index contributed by atoms with van der Waals surface area (Å²) in [4.78, 5) is 32.2. The van der Waals surface area contributed by atoms with Gasteiger partial charge in [0.15, 0.2) is 0 Å². The summed E-state index contributed by atoms with van der Waals surface area (Å²) in [5.41, 5.74) is 0. The van der Waals surface area contributed by atoms with E-state index in [4.69, 9.17) is 14.9 Å². The van der Waals surface area contributed by atoms with E-state index in [0.717, 1.165) is 6.42 Å². The number of nitrogens with one attached hydrogen (secondary N) is 1. The number of carbonyl (C=O) groups excluding carboxylic acids is 1. The van der Waals surface area contributed by atoms with E-state index in [0.29, 0.717) is 6.61 Å². The second kappa shape index (κ2) is 8.51. The van der Waals surface area contributed by atoms with Gasteiger partial charge in [-0.05, 0) is 6.42 Å². The fourth-order valence-electron chi connectivity index (χ4n) is 1.05. The first-order chi connectivity index (χ1) is 7.97. The molecule has 0 spiro atoms. The van der Waals surface area contributed by atoms with Gasteiger partial charge in [0.1, 0.15) is 6.04 Å². The average Bonchev–Trinajstić information content (AvgIpc) is 2.22. The maximum absolute atomic E-state index is 11.3. The van der Waals surface area contributed by atoms with E-state index >= 15 is 0 Å². The number of carboxylic acid groups (broad SMARTS) is 2.